The maximum Gasteiger partial charge on any atom is 0.190 e. The van der Waals surface area contributed by atoms with Gasteiger partial charge in [-0.2, -0.15) is 0 Å². The van der Waals surface area contributed by atoms with Gasteiger partial charge in [-0.1, -0.05) is 37.6 Å². The molecule has 0 bridgehead atoms. The Morgan fingerprint density at radius 1 is 1.60 bits per heavy atom. The van der Waals surface area contributed by atoms with Crippen LogP contribution in [-0.2, 0) is 4.79 Å². The van der Waals surface area contributed by atoms with Gasteiger partial charge in [0, 0.05) is 6.92 Å². The molecule has 0 saturated heterocycles. The average molecular weight is 158 g/mol. The molecule has 0 atom stereocenters. The number of thioether (sulfide) groups is 1. The van der Waals surface area contributed by atoms with Crippen LogP contribution in [-0.4, -0.2) is 5.12 Å². The van der Waals surface area contributed by atoms with Crippen molar-refractivity contribution in [3.8, 4) is 0 Å². The Hall–Kier alpha value is -0.240. The first kappa shape index (κ1) is 9.76. The molecule has 1 nitrogen and oxygen atoms in total. The van der Waals surface area contributed by atoms with E-state index in [1.165, 1.54) is 24.6 Å². The maximum absolute atomic E-state index is 10.4. The first-order chi connectivity index (χ1) is 4.77. The van der Waals surface area contributed by atoms with Crippen LogP contribution >= 0.6 is 11.8 Å². The minimum Gasteiger partial charge on any atom is -0.287 e. The molecule has 0 amide bonds. The standard InChI is InChI=1S/C8H14OS/c1-3-4-5-6-7-10-8(2)9/h6-7H,3-5H2,1-2H3/b7-6+. The molecule has 0 aromatic rings. The van der Waals surface area contributed by atoms with Gasteiger partial charge in [-0.05, 0) is 11.8 Å². The van der Waals surface area contributed by atoms with E-state index >= 15 is 0 Å². The molecule has 0 aliphatic rings. The Balaban J connectivity index is 3.12. The van der Waals surface area contributed by atoms with Crippen LogP contribution in [0.4, 0.5) is 0 Å². The monoisotopic (exact) mass is 158 g/mol. The van der Waals surface area contributed by atoms with Gasteiger partial charge >= 0.3 is 0 Å². The van der Waals surface area contributed by atoms with Crippen LogP contribution in [0.25, 0.3) is 0 Å². The van der Waals surface area contributed by atoms with Crippen LogP contribution in [0, 0.1) is 0 Å². The Bertz CT molecular complexity index is 118. The van der Waals surface area contributed by atoms with E-state index in [0.29, 0.717) is 0 Å². The zero-order valence-corrected chi connectivity index (χ0v) is 7.41. The Morgan fingerprint density at radius 3 is 2.80 bits per heavy atom. The molecule has 0 rings (SSSR count). The van der Waals surface area contributed by atoms with Crippen LogP contribution in [0.2, 0.25) is 0 Å². The van der Waals surface area contributed by atoms with Gasteiger partial charge in [0.25, 0.3) is 0 Å². The van der Waals surface area contributed by atoms with Crippen molar-refractivity contribution in [3.63, 3.8) is 0 Å². The van der Waals surface area contributed by atoms with E-state index < -0.39 is 0 Å². The van der Waals surface area contributed by atoms with Crippen LogP contribution in [0.15, 0.2) is 11.5 Å². The van der Waals surface area contributed by atoms with Crippen molar-refractivity contribution in [2.45, 2.75) is 33.1 Å². The van der Waals surface area contributed by atoms with Crippen molar-refractivity contribution >= 4 is 16.9 Å². The van der Waals surface area contributed by atoms with Crippen molar-refractivity contribution in [2.24, 2.45) is 0 Å². The summed E-state index contributed by atoms with van der Waals surface area (Å²) in [6, 6.07) is 0. The lowest BCUT2D eigenvalue weighted by Gasteiger charge is -1.87. The van der Waals surface area contributed by atoms with Gasteiger partial charge in [-0.25, -0.2) is 0 Å². The molecule has 0 radical (unpaired) electrons. The summed E-state index contributed by atoms with van der Waals surface area (Å²) in [7, 11) is 0. The number of rotatable bonds is 4. The molecular weight excluding hydrogens is 144 g/mol. The minimum absolute atomic E-state index is 0.160. The molecule has 58 valence electrons. The summed E-state index contributed by atoms with van der Waals surface area (Å²) in [6.45, 7) is 3.74. The third kappa shape index (κ3) is 7.76. The Morgan fingerprint density at radius 2 is 2.30 bits per heavy atom. The Kier molecular flexibility index (Phi) is 6.71. The molecule has 0 aliphatic heterocycles. The first-order valence-electron chi connectivity index (χ1n) is 3.59. The number of unbranched alkanes of at least 4 members (excludes halogenated alkanes) is 2. The lowest BCUT2D eigenvalue weighted by atomic mass is 10.2. The highest BCUT2D eigenvalue weighted by atomic mass is 32.2. The predicted molar refractivity (Wildman–Crippen MR) is 46.9 cm³/mol. The van der Waals surface area contributed by atoms with Crippen LogP contribution < -0.4 is 0 Å². The summed E-state index contributed by atoms with van der Waals surface area (Å²) >= 11 is 1.26. The van der Waals surface area contributed by atoms with Gasteiger partial charge in [0.2, 0.25) is 0 Å². The van der Waals surface area contributed by atoms with Gasteiger partial charge in [0.15, 0.2) is 5.12 Å². The van der Waals surface area contributed by atoms with Gasteiger partial charge in [0.1, 0.15) is 0 Å². The topological polar surface area (TPSA) is 17.1 Å². The van der Waals surface area contributed by atoms with Crippen molar-refractivity contribution in [1.29, 1.82) is 0 Å². The number of hydrogen-bond acceptors (Lipinski definition) is 2. The lowest BCUT2D eigenvalue weighted by molar-refractivity contribution is -0.109. The number of hydrogen-bond donors (Lipinski definition) is 0. The fourth-order valence-electron chi connectivity index (χ4n) is 0.534. The molecule has 0 aromatic carbocycles. The molecule has 0 aromatic heterocycles. The van der Waals surface area contributed by atoms with Crippen molar-refractivity contribution in [2.75, 3.05) is 0 Å². The number of carbonyl (C=O) groups is 1. The second-order valence-corrected chi connectivity index (χ2v) is 3.21. The summed E-state index contributed by atoms with van der Waals surface area (Å²) in [5, 5.41) is 2.03. The fraction of sp³-hybridized carbons (Fsp3) is 0.625. The second kappa shape index (κ2) is 6.87. The summed E-state index contributed by atoms with van der Waals surface area (Å²) in [5.74, 6) is 0. The van der Waals surface area contributed by atoms with E-state index in [0.717, 1.165) is 6.42 Å². The quantitative estimate of drug-likeness (QED) is 0.585. The van der Waals surface area contributed by atoms with E-state index in [4.69, 9.17) is 0 Å². The van der Waals surface area contributed by atoms with E-state index in [9.17, 15) is 4.79 Å². The Labute approximate surface area is 66.9 Å². The fourth-order valence-corrected chi connectivity index (χ4v) is 0.958. The summed E-state index contributed by atoms with van der Waals surface area (Å²) in [4.78, 5) is 10.4. The van der Waals surface area contributed by atoms with Gasteiger partial charge in [0.05, 0.1) is 0 Å². The summed E-state index contributed by atoms with van der Waals surface area (Å²) in [5.41, 5.74) is 0. The minimum atomic E-state index is 0.160. The van der Waals surface area contributed by atoms with E-state index in [1.54, 1.807) is 6.92 Å². The molecule has 0 aliphatic carbocycles. The number of carbonyl (C=O) groups excluding carboxylic acids is 1. The maximum atomic E-state index is 10.4. The zero-order valence-electron chi connectivity index (χ0n) is 6.59. The van der Waals surface area contributed by atoms with Gasteiger partial charge < -0.3 is 0 Å². The molecule has 2 heteroatoms. The van der Waals surface area contributed by atoms with E-state index in [-0.39, 0.29) is 5.12 Å². The highest BCUT2D eigenvalue weighted by Gasteiger charge is 1.85. The summed E-state index contributed by atoms with van der Waals surface area (Å²) in [6.07, 6.45) is 5.58. The van der Waals surface area contributed by atoms with Crippen LogP contribution in [0.3, 0.4) is 0 Å². The zero-order chi connectivity index (χ0) is 7.82. The molecular formula is C8H14OS. The van der Waals surface area contributed by atoms with Crippen molar-refractivity contribution < 1.29 is 4.79 Å². The van der Waals surface area contributed by atoms with Crippen molar-refractivity contribution in [3.05, 3.63) is 11.5 Å². The largest absolute Gasteiger partial charge is 0.287 e. The van der Waals surface area contributed by atoms with Crippen LogP contribution in [0.5, 0.6) is 0 Å². The van der Waals surface area contributed by atoms with Crippen molar-refractivity contribution in [1.82, 2.24) is 0 Å². The highest BCUT2D eigenvalue weighted by molar-refractivity contribution is 8.16. The second-order valence-electron chi connectivity index (χ2n) is 2.12. The SMILES string of the molecule is CCCC/C=C/SC(C)=O. The third-order valence-electron chi connectivity index (χ3n) is 1.05. The van der Waals surface area contributed by atoms with Crippen LogP contribution in [0.1, 0.15) is 33.1 Å². The summed E-state index contributed by atoms with van der Waals surface area (Å²) < 4.78 is 0. The first-order valence-corrected chi connectivity index (χ1v) is 4.47. The highest BCUT2D eigenvalue weighted by Crippen LogP contribution is 2.04. The van der Waals surface area contributed by atoms with Gasteiger partial charge in [-0.3, -0.25) is 4.79 Å². The smallest absolute Gasteiger partial charge is 0.190 e. The van der Waals surface area contributed by atoms with E-state index in [1.807, 2.05) is 5.41 Å². The molecule has 0 N–H and O–H groups in total. The average Bonchev–Trinajstić information content (AvgIpc) is 1.87. The molecule has 0 unspecified atom stereocenters. The number of allylic oxidation sites excluding steroid dienone is 1. The van der Waals surface area contributed by atoms with E-state index in [2.05, 4.69) is 13.0 Å². The molecule has 10 heavy (non-hydrogen) atoms. The third-order valence-corrected chi connectivity index (χ3v) is 1.72. The molecule has 0 saturated carbocycles. The molecule has 0 fully saturated rings. The lowest BCUT2D eigenvalue weighted by Crippen LogP contribution is -1.74. The molecule has 0 spiro atoms. The predicted octanol–water partition coefficient (Wildman–Crippen LogP) is 2.97. The molecule has 0 heterocycles. The normalized spacial score (nSPS) is 10.6. The van der Waals surface area contributed by atoms with Gasteiger partial charge in [-0.15, -0.1) is 0 Å².